The molecule has 0 bridgehead atoms. The van der Waals surface area contributed by atoms with E-state index in [2.05, 4.69) is 67.0 Å². The lowest BCUT2D eigenvalue weighted by molar-refractivity contribution is -0.146. The van der Waals surface area contributed by atoms with Crippen molar-refractivity contribution in [1.82, 2.24) is 0 Å². The maximum Gasteiger partial charge on any atom is 0.309 e. The summed E-state index contributed by atoms with van der Waals surface area (Å²) in [4.78, 5) is 12.7. The molecule has 0 saturated heterocycles. The van der Waals surface area contributed by atoms with Crippen LogP contribution >= 0.6 is 15.9 Å². The van der Waals surface area contributed by atoms with Crippen LogP contribution in [0.4, 0.5) is 0 Å². The minimum atomic E-state index is -0.224. The molecule has 0 aliphatic heterocycles. The van der Waals surface area contributed by atoms with Gasteiger partial charge >= 0.3 is 5.97 Å². The minimum absolute atomic E-state index is 0.0188. The molecular formula is C35H49BrO5. The molecule has 0 N–H and O–H groups in total. The number of methoxy groups -OCH3 is 2. The first kappa shape index (κ1) is 33.5. The Bertz CT molecular complexity index is 1050. The van der Waals surface area contributed by atoms with Gasteiger partial charge in [-0.25, -0.2) is 0 Å². The summed E-state index contributed by atoms with van der Waals surface area (Å²) in [6.45, 7) is 7.28. The van der Waals surface area contributed by atoms with Crippen molar-refractivity contribution in [3.8, 4) is 0 Å². The van der Waals surface area contributed by atoms with Crippen molar-refractivity contribution in [3.63, 3.8) is 0 Å². The second-order valence-electron chi connectivity index (χ2n) is 11.6. The van der Waals surface area contributed by atoms with Crippen molar-refractivity contribution in [2.45, 2.75) is 84.2 Å². The molecule has 6 heteroatoms. The predicted octanol–water partition coefficient (Wildman–Crippen LogP) is 8.72. The van der Waals surface area contributed by atoms with E-state index in [1.807, 2.05) is 36.4 Å². The zero-order valence-electron chi connectivity index (χ0n) is 25.5. The van der Waals surface area contributed by atoms with Gasteiger partial charge in [0.15, 0.2) is 0 Å². The van der Waals surface area contributed by atoms with E-state index in [4.69, 9.17) is 18.9 Å². The molecule has 0 amide bonds. The Morgan fingerprint density at radius 2 is 1.71 bits per heavy atom. The Morgan fingerprint density at radius 3 is 2.37 bits per heavy atom. The van der Waals surface area contributed by atoms with E-state index in [0.29, 0.717) is 19.1 Å². The molecule has 0 unspecified atom stereocenters. The smallest absolute Gasteiger partial charge is 0.309 e. The SMILES string of the molecule is CO[C@H]([C@@H](C)[C@H](OC)c1ccccc1)[C@H](C)COC(=O)C/C=C/[C@@H](C)[C@H](OCc1cccc(Br)c1)C1CCCCC1. The summed E-state index contributed by atoms with van der Waals surface area (Å²) in [5.74, 6) is 0.627. The molecule has 0 spiro atoms. The van der Waals surface area contributed by atoms with Gasteiger partial charge in [0.05, 0.1) is 37.9 Å². The number of hydrogen-bond acceptors (Lipinski definition) is 5. The summed E-state index contributed by atoms with van der Waals surface area (Å²) in [6, 6.07) is 18.5. The van der Waals surface area contributed by atoms with E-state index in [1.54, 1.807) is 14.2 Å². The normalized spacial score (nSPS) is 18.9. The van der Waals surface area contributed by atoms with Crippen LogP contribution in [0.3, 0.4) is 0 Å². The molecule has 3 rings (SSSR count). The first-order valence-electron chi connectivity index (χ1n) is 15.1. The summed E-state index contributed by atoms with van der Waals surface area (Å²) >= 11 is 3.56. The number of benzene rings is 2. The molecule has 0 aromatic heterocycles. The Kier molecular flexibility index (Phi) is 14.6. The van der Waals surface area contributed by atoms with Gasteiger partial charge in [0, 0.05) is 36.4 Å². The van der Waals surface area contributed by atoms with Crippen LogP contribution in [0.25, 0.3) is 0 Å². The number of halogens is 1. The summed E-state index contributed by atoms with van der Waals surface area (Å²) in [6.07, 6.45) is 10.5. The highest BCUT2D eigenvalue weighted by atomic mass is 79.9. The fourth-order valence-corrected chi connectivity index (χ4v) is 6.75. The molecule has 1 fully saturated rings. The number of hydrogen-bond donors (Lipinski definition) is 0. The van der Waals surface area contributed by atoms with Crippen LogP contribution in [-0.4, -0.2) is 39.0 Å². The van der Waals surface area contributed by atoms with Crippen LogP contribution in [0.2, 0.25) is 0 Å². The van der Waals surface area contributed by atoms with Crippen LogP contribution in [0.1, 0.15) is 76.5 Å². The second kappa shape index (κ2) is 17.8. The minimum Gasteiger partial charge on any atom is -0.465 e. The van der Waals surface area contributed by atoms with Gasteiger partial charge in [0.2, 0.25) is 0 Å². The molecule has 41 heavy (non-hydrogen) atoms. The maximum atomic E-state index is 12.7. The summed E-state index contributed by atoms with van der Waals surface area (Å²) in [5.41, 5.74) is 2.28. The lowest BCUT2D eigenvalue weighted by atomic mass is 9.80. The molecule has 6 atom stereocenters. The molecule has 1 aliphatic carbocycles. The van der Waals surface area contributed by atoms with Crippen molar-refractivity contribution < 1.29 is 23.7 Å². The Labute approximate surface area is 256 Å². The van der Waals surface area contributed by atoms with Gasteiger partial charge in [0.25, 0.3) is 0 Å². The number of esters is 1. The first-order chi connectivity index (χ1) is 19.8. The Hall–Kier alpha value is -1.99. The fraction of sp³-hybridized carbons (Fsp3) is 0.571. The summed E-state index contributed by atoms with van der Waals surface area (Å²) in [5, 5.41) is 0. The van der Waals surface area contributed by atoms with Gasteiger partial charge in [0.1, 0.15) is 0 Å². The molecule has 0 heterocycles. The van der Waals surface area contributed by atoms with Crippen molar-refractivity contribution >= 4 is 21.9 Å². The van der Waals surface area contributed by atoms with E-state index in [1.165, 1.54) is 37.7 Å². The van der Waals surface area contributed by atoms with E-state index in [9.17, 15) is 4.79 Å². The predicted molar refractivity (Wildman–Crippen MR) is 168 cm³/mol. The lowest BCUT2D eigenvalue weighted by Gasteiger charge is -2.33. The molecular weight excluding hydrogens is 580 g/mol. The third kappa shape index (κ3) is 10.7. The topological polar surface area (TPSA) is 54.0 Å². The highest BCUT2D eigenvalue weighted by Gasteiger charge is 2.32. The highest BCUT2D eigenvalue weighted by molar-refractivity contribution is 9.10. The van der Waals surface area contributed by atoms with Gasteiger partial charge in [-0.1, -0.05) is 111 Å². The van der Waals surface area contributed by atoms with Crippen LogP contribution in [0.15, 0.2) is 71.2 Å². The van der Waals surface area contributed by atoms with Gasteiger partial charge in [-0.2, -0.15) is 0 Å². The van der Waals surface area contributed by atoms with Gasteiger partial charge in [-0.3, -0.25) is 4.79 Å². The monoisotopic (exact) mass is 628 g/mol. The van der Waals surface area contributed by atoms with E-state index >= 15 is 0 Å². The van der Waals surface area contributed by atoms with Crippen LogP contribution in [0.5, 0.6) is 0 Å². The van der Waals surface area contributed by atoms with Crippen molar-refractivity contribution in [3.05, 3.63) is 82.3 Å². The molecule has 1 aliphatic rings. The Balaban J connectivity index is 1.51. The number of ether oxygens (including phenoxy) is 4. The highest BCUT2D eigenvalue weighted by Crippen LogP contribution is 2.34. The lowest BCUT2D eigenvalue weighted by Crippen LogP contribution is -2.35. The molecule has 0 radical (unpaired) electrons. The van der Waals surface area contributed by atoms with E-state index < -0.39 is 0 Å². The second-order valence-corrected chi connectivity index (χ2v) is 12.5. The van der Waals surface area contributed by atoms with E-state index in [-0.39, 0.29) is 48.5 Å². The standard InChI is InChI=1S/C35H49BrO5/c1-25(34(29-16-8-6-9-17-29)41-24-28-15-13-20-31(36)22-28)14-12-21-32(37)40-23-26(2)33(38-4)27(3)35(39-5)30-18-10-7-11-19-30/h7,10-15,18-20,22,25-27,29,33-35H,6,8-9,16-17,21,23-24H2,1-5H3/b14-12+/t25-,26-,27-,33+,34+,35+/m1/s1. The largest absolute Gasteiger partial charge is 0.465 e. The average Bonchev–Trinajstić information content (AvgIpc) is 2.98. The van der Waals surface area contributed by atoms with Crippen molar-refractivity contribution in [2.24, 2.45) is 23.7 Å². The van der Waals surface area contributed by atoms with E-state index in [0.717, 1.165) is 10.0 Å². The number of carbonyl (C=O) groups excluding carboxylic acids is 1. The summed E-state index contributed by atoms with van der Waals surface area (Å²) in [7, 11) is 3.44. The van der Waals surface area contributed by atoms with Gasteiger partial charge in [-0.05, 0) is 42.0 Å². The van der Waals surface area contributed by atoms with Crippen molar-refractivity contribution in [2.75, 3.05) is 20.8 Å². The van der Waals surface area contributed by atoms with Crippen LogP contribution in [-0.2, 0) is 30.3 Å². The third-order valence-electron chi connectivity index (χ3n) is 8.41. The van der Waals surface area contributed by atoms with Crippen molar-refractivity contribution in [1.29, 1.82) is 0 Å². The summed E-state index contributed by atoms with van der Waals surface area (Å²) < 4.78 is 25.0. The first-order valence-corrected chi connectivity index (χ1v) is 15.9. The molecule has 226 valence electrons. The Morgan fingerprint density at radius 1 is 0.976 bits per heavy atom. The molecule has 2 aromatic rings. The number of rotatable bonds is 16. The quantitative estimate of drug-likeness (QED) is 0.137. The third-order valence-corrected chi connectivity index (χ3v) is 8.90. The zero-order chi connectivity index (χ0) is 29.6. The van der Waals surface area contributed by atoms with Crippen LogP contribution < -0.4 is 0 Å². The molecule has 1 saturated carbocycles. The number of carbonyl (C=O) groups is 1. The van der Waals surface area contributed by atoms with Crippen LogP contribution in [0, 0.1) is 23.7 Å². The molecule has 5 nitrogen and oxygen atoms in total. The van der Waals surface area contributed by atoms with Gasteiger partial charge in [-0.15, -0.1) is 0 Å². The zero-order valence-corrected chi connectivity index (χ0v) is 27.1. The molecule has 2 aromatic carbocycles. The fourth-order valence-electron chi connectivity index (χ4n) is 6.30. The average molecular weight is 630 g/mol. The van der Waals surface area contributed by atoms with Gasteiger partial charge < -0.3 is 18.9 Å². The maximum absolute atomic E-state index is 12.7.